The molecule has 0 spiro atoms. The van der Waals surface area contributed by atoms with Crippen molar-refractivity contribution >= 4 is 29.0 Å². The lowest BCUT2D eigenvalue weighted by molar-refractivity contribution is -0.137. The molecule has 7 nitrogen and oxygen atoms in total. The number of aliphatic carboxylic acids is 1. The van der Waals surface area contributed by atoms with Crippen LogP contribution in [0, 0.1) is 11.7 Å². The largest absolute Gasteiger partial charge is 0.492 e. The van der Waals surface area contributed by atoms with Crippen LogP contribution in [0.2, 0.25) is 0 Å². The van der Waals surface area contributed by atoms with E-state index in [4.69, 9.17) is 4.74 Å². The third-order valence-corrected chi connectivity index (χ3v) is 7.11. The van der Waals surface area contributed by atoms with Crippen LogP contribution < -0.4 is 15.0 Å². The Morgan fingerprint density at radius 1 is 0.881 bits per heavy atom. The normalized spacial score (nSPS) is 13.2. The van der Waals surface area contributed by atoms with Gasteiger partial charge in [0, 0.05) is 34.8 Å². The van der Waals surface area contributed by atoms with Gasteiger partial charge in [-0.3, -0.25) is 9.59 Å². The minimum atomic E-state index is -1.04. The van der Waals surface area contributed by atoms with Crippen LogP contribution in [0.3, 0.4) is 0 Å². The molecule has 1 atom stereocenters. The van der Waals surface area contributed by atoms with Crippen LogP contribution in [0.15, 0.2) is 103 Å². The molecule has 1 fully saturated rings. The van der Waals surface area contributed by atoms with E-state index in [-0.39, 0.29) is 36.5 Å². The molecule has 5 rings (SSSR count). The molecule has 0 heterocycles. The molecule has 1 aliphatic rings. The van der Waals surface area contributed by atoms with Crippen molar-refractivity contribution in [1.82, 2.24) is 0 Å². The van der Waals surface area contributed by atoms with Gasteiger partial charge in [0.1, 0.15) is 24.2 Å². The molecule has 1 amide bonds. The fourth-order valence-corrected chi connectivity index (χ4v) is 4.69. The molecule has 1 aliphatic carbocycles. The maximum atomic E-state index is 13.4. The standard InChI is InChI=1S/C34H31FN2O5/c35-26-14-16-27(17-15-26)37(33(39)25-12-13-25)20-21-42-28-18-10-23(11-19-28)22-31(34(40)41)36-30-9-5-4-8-29(30)32(38)24-6-2-1-3-7-24/h1-11,14-19,25,31,36H,12-13,20-22H2,(H,40,41)/t31-/m0/s1. The van der Waals surface area contributed by atoms with Gasteiger partial charge in [0.25, 0.3) is 0 Å². The van der Waals surface area contributed by atoms with E-state index in [1.54, 1.807) is 89.8 Å². The van der Waals surface area contributed by atoms with E-state index in [2.05, 4.69) is 5.32 Å². The number of nitrogens with zero attached hydrogens (tertiary/aromatic N) is 1. The Morgan fingerprint density at radius 3 is 2.21 bits per heavy atom. The first-order valence-corrected chi connectivity index (χ1v) is 13.9. The molecular weight excluding hydrogens is 535 g/mol. The summed E-state index contributed by atoms with van der Waals surface area (Å²) in [4.78, 5) is 39.7. The van der Waals surface area contributed by atoms with Crippen molar-refractivity contribution < 1.29 is 28.6 Å². The number of carboxylic acids is 1. The van der Waals surface area contributed by atoms with Gasteiger partial charge >= 0.3 is 5.97 Å². The van der Waals surface area contributed by atoms with Crippen molar-refractivity contribution in [2.45, 2.75) is 25.3 Å². The fourth-order valence-electron chi connectivity index (χ4n) is 4.69. The lowest BCUT2D eigenvalue weighted by atomic mass is 10.00. The summed E-state index contributed by atoms with van der Waals surface area (Å²) in [5.41, 5.74) is 2.77. The second kappa shape index (κ2) is 13.1. The van der Waals surface area contributed by atoms with E-state index >= 15 is 0 Å². The molecule has 4 aromatic rings. The van der Waals surface area contributed by atoms with E-state index in [1.165, 1.54) is 12.1 Å². The summed E-state index contributed by atoms with van der Waals surface area (Å²) >= 11 is 0. The number of hydrogen-bond acceptors (Lipinski definition) is 5. The number of hydrogen-bond donors (Lipinski definition) is 2. The fraction of sp³-hybridized carbons (Fsp3) is 0.206. The number of amides is 1. The maximum absolute atomic E-state index is 13.4. The first-order chi connectivity index (χ1) is 20.4. The Kier molecular flexibility index (Phi) is 8.92. The zero-order chi connectivity index (χ0) is 29.5. The third-order valence-electron chi connectivity index (χ3n) is 7.11. The van der Waals surface area contributed by atoms with Crippen LogP contribution in [-0.2, 0) is 16.0 Å². The Balaban J connectivity index is 1.20. The highest BCUT2D eigenvalue weighted by Gasteiger charge is 2.34. The molecule has 0 unspecified atom stereocenters. The van der Waals surface area contributed by atoms with Crippen LogP contribution >= 0.6 is 0 Å². The zero-order valence-corrected chi connectivity index (χ0v) is 22.9. The van der Waals surface area contributed by atoms with Crippen molar-refractivity contribution in [3.8, 4) is 5.75 Å². The number of carbonyl (C=O) groups is 3. The van der Waals surface area contributed by atoms with Crippen molar-refractivity contribution in [3.05, 3.63) is 126 Å². The molecule has 42 heavy (non-hydrogen) atoms. The molecule has 4 aromatic carbocycles. The van der Waals surface area contributed by atoms with Crippen LogP contribution in [0.25, 0.3) is 0 Å². The molecule has 0 aliphatic heterocycles. The topological polar surface area (TPSA) is 95.9 Å². The number of benzene rings is 4. The lowest BCUT2D eigenvalue weighted by Gasteiger charge is -2.23. The van der Waals surface area contributed by atoms with Gasteiger partial charge in [0.05, 0.1) is 6.54 Å². The highest BCUT2D eigenvalue weighted by molar-refractivity contribution is 6.12. The predicted octanol–water partition coefficient (Wildman–Crippen LogP) is 5.99. The van der Waals surface area contributed by atoms with Crippen LogP contribution in [0.5, 0.6) is 5.75 Å². The summed E-state index contributed by atoms with van der Waals surface area (Å²) in [6.45, 7) is 0.551. The van der Waals surface area contributed by atoms with Gasteiger partial charge in [-0.15, -0.1) is 0 Å². The summed E-state index contributed by atoms with van der Waals surface area (Å²) in [5, 5.41) is 13.0. The summed E-state index contributed by atoms with van der Waals surface area (Å²) < 4.78 is 19.3. The number of anilines is 2. The molecule has 0 bridgehead atoms. The first kappa shape index (κ1) is 28.5. The smallest absolute Gasteiger partial charge is 0.326 e. The van der Waals surface area contributed by atoms with Crippen molar-refractivity contribution in [3.63, 3.8) is 0 Å². The van der Waals surface area contributed by atoms with Crippen LogP contribution in [-0.4, -0.2) is 42.0 Å². The van der Waals surface area contributed by atoms with Gasteiger partial charge < -0.3 is 20.1 Å². The summed E-state index contributed by atoms with van der Waals surface area (Å²) in [6, 6.07) is 27.7. The SMILES string of the molecule is O=C(c1ccccc1)c1ccccc1N[C@@H](Cc1ccc(OCCN(C(=O)C2CC2)c2ccc(F)cc2)cc1)C(=O)O. The molecule has 0 radical (unpaired) electrons. The van der Waals surface area contributed by atoms with Crippen molar-refractivity contribution in [1.29, 1.82) is 0 Å². The maximum Gasteiger partial charge on any atom is 0.326 e. The Labute approximate surface area is 243 Å². The first-order valence-electron chi connectivity index (χ1n) is 13.9. The highest BCUT2D eigenvalue weighted by atomic mass is 19.1. The average Bonchev–Trinajstić information content (AvgIpc) is 3.86. The van der Waals surface area contributed by atoms with Gasteiger partial charge in [-0.25, -0.2) is 9.18 Å². The molecule has 8 heteroatoms. The predicted molar refractivity (Wildman–Crippen MR) is 158 cm³/mol. The number of ether oxygens (including phenoxy) is 1. The number of ketones is 1. The molecule has 214 valence electrons. The molecule has 0 aromatic heterocycles. The minimum Gasteiger partial charge on any atom is -0.492 e. The third kappa shape index (κ3) is 7.20. The molecular formula is C34H31FN2O5. The number of carboxylic acid groups (broad SMARTS) is 1. The van der Waals surface area contributed by atoms with E-state index in [0.29, 0.717) is 34.8 Å². The van der Waals surface area contributed by atoms with Crippen LogP contribution in [0.1, 0.15) is 34.3 Å². The van der Waals surface area contributed by atoms with E-state index in [9.17, 15) is 23.9 Å². The minimum absolute atomic E-state index is 0.00792. The molecule has 1 saturated carbocycles. The highest BCUT2D eigenvalue weighted by Crippen LogP contribution is 2.33. The van der Waals surface area contributed by atoms with Gasteiger partial charge in [0.2, 0.25) is 5.91 Å². The Hall–Kier alpha value is -4.98. The zero-order valence-electron chi connectivity index (χ0n) is 22.9. The van der Waals surface area contributed by atoms with E-state index < -0.39 is 12.0 Å². The van der Waals surface area contributed by atoms with Gasteiger partial charge in [-0.2, -0.15) is 0 Å². The van der Waals surface area contributed by atoms with Crippen LogP contribution in [0.4, 0.5) is 15.8 Å². The average molecular weight is 567 g/mol. The quantitative estimate of drug-likeness (QED) is 0.193. The second-order valence-corrected chi connectivity index (χ2v) is 10.2. The summed E-state index contributed by atoms with van der Waals surface area (Å²) in [5.74, 6) is -0.998. The Bertz CT molecular complexity index is 1540. The summed E-state index contributed by atoms with van der Waals surface area (Å²) in [6.07, 6.45) is 1.90. The molecule has 2 N–H and O–H groups in total. The number of rotatable bonds is 13. The Morgan fingerprint density at radius 2 is 1.55 bits per heavy atom. The van der Waals surface area contributed by atoms with Gasteiger partial charge in [-0.05, 0) is 66.9 Å². The molecule has 0 saturated heterocycles. The lowest BCUT2D eigenvalue weighted by Crippen LogP contribution is -2.35. The number of para-hydroxylation sites is 1. The summed E-state index contributed by atoms with van der Waals surface area (Å²) in [7, 11) is 0. The van der Waals surface area contributed by atoms with Crippen molar-refractivity contribution in [2.75, 3.05) is 23.4 Å². The monoisotopic (exact) mass is 566 g/mol. The van der Waals surface area contributed by atoms with E-state index in [1.807, 2.05) is 6.07 Å². The second-order valence-electron chi connectivity index (χ2n) is 10.2. The number of carbonyl (C=O) groups excluding carboxylic acids is 2. The van der Waals surface area contributed by atoms with E-state index in [0.717, 1.165) is 18.4 Å². The van der Waals surface area contributed by atoms with Gasteiger partial charge in [-0.1, -0.05) is 54.6 Å². The van der Waals surface area contributed by atoms with Crippen molar-refractivity contribution in [2.24, 2.45) is 5.92 Å². The number of halogens is 1. The van der Waals surface area contributed by atoms with Gasteiger partial charge in [0.15, 0.2) is 5.78 Å². The number of nitrogens with one attached hydrogen (secondary N) is 1.